The van der Waals surface area contributed by atoms with Gasteiger partial charge in [0.1, 0.15) is 0 Å². The van der Waals surface area contributed by atoms with Gasteiger partial charge in [0.2, 0.25) is 0 Å². The SMILES string of the molecule is C/C=C/CN1CC(C(C)(C)C)NCC1(C)CC. The zero-order chi connectivity index (χ0) is 13.1. The lowest BCUT2D eigenvalue weighted by atomic mass is 9.81. The van der Waals surface area contributed by atoms with E-state index in [4.69, 9.17) is 0 Å². The van der Waals surface area contributed by atoms with Crippen LogP contribution in [0.1, 0.15) is 48.0 Å². The van der Waals surface area contributed by atoms with Gasteiger partial charge in [-0.25, -0.2) is 0 Å². The third kappa shape index (κ3) is 3.56. The standard InChI is InChI=1S/C15H30N2/c1-7-9-10-17-11-13(14(3,4)5)16-12-15(17,6)8-2/h7,9,13,16H,8,10-12H2,1-6H3/b9-7+. The Labute approximate surface area is 107 Å². The van der Waals surface area contributed by atoms with Gasteiger partial charge in [-0.3, -0.25) is 4.90 Å². The molecule has 0 spiro atoms. The minimum atomic E-state index is 0.307. The number of hydrogen-bond acceptors (Lipinski definition) is 2. The van der Waals surface area contributed by atoms with Crippen LogP contribution in [-0.4, -0.2) is 36.1 Å². The summed E-state index contributed by atoms with van der Waals surface area (Å²) >= 11 is 0. The third-order valence-corrected chi connectivity index (χ3v) is 4.26. The van der Waals surface area contributed by atoms with E-state index in [9.17, 15) is 0 Å². The monoisotopic (exact) mass is 238 g/mol. The molecule has 0 radical (unpaired) electrons. The highest BCUT2D eigenvalue weighted by atomic mass is 15.3. The average molecular weight is 238 g/mol. The molecule has 1 rings (SSSR count). The van der Waals surface area contributed by atoms with Crippen molar-refractivity contribution in [3.8, 4) is 0 Å². The van der Waals surface area contributed by atoms with Gasteiger partial charge in [-0.15, -0.1) is 0 Å². The fourth-order valence-electron chi connectivity index (χ4n) is 2.42. The topological polar surface area (TPSA) is 15.3 Å². The molecule has 0 aromatic carbocycles. The van der Waals surface area contributed by atoms with Gasteiger partial charge in [0.15, 0.2) is 0 Å². The fraction of sp³-hybridized carbons (Fsp3) is 0.867. The first-order chi connectivity index (χ1) is 7.83. The van der Waals surface area contributed by atoms with E-state index >= 15 is 0 Å². The van der Waals surface area contributed by atoms with Gasteiger partial charge in [0.25, 0.3) is 0 Å². The van der Waals surface area contributed by atoms with Crippen molar-refractivity contribution in [1.29, 1.82) is 0 Å². The molecule has 1 heterocycles. The van der Waals surface area contributed by atoms with Crippen molar-refractivity contribution in [3.63, 3.8) is 0 Å². The summed E-state index contributed by atoms with van der Waals surface area (Å²) in [5.74, 6) is 0. The maximum atomic E-state index is 3.74. The quantitative estimate of drug-likeness (QED) is 0.760. The lowest BCUT2D eigenvalue weighted by molar-refractivity contribution is 0.0315. The molecule has 1 fully saturated rings. The van der Waals surface area contributed by atoms with E-state index in [1.807, 2.05) is 0 Å². The Bertz CT molecular complexity index is 265. The summed E-state index contributed by atoms with van der Waals surface area (Å²) in [7, 11) is 0. The second kappa shape index (κ2) is 5.53. The first-order valence-corrected chi connectivity index (χ1v) is 6.93. The van der Waals surface area contributed by atoms with Gasteiger partial charge in [-0.2, -0.15) is 0 Å². The van der Waals surface area contributed by atoms with E-state index in [0.717, 1.165) is 19.6 Å². The van der Waals surface area contributed by atoms with Gasteiger partial charge in [0, 0.05) is 31.2 Å². The number of nitrogens with one attached hydrogen (secondary N) is 1. The molecule has 17 heavy (non-hydrogen) atoms. The number of rotatable bonds is 3. The van der Waals surface area contributed by atoms with E-state index < -0.39 is 0 Å². The second-order valence-electron chi connectivity index (χ2n) is 6.62. The number of nitrogens with zero attached hydrogens (tertiary/aromatic N) is 1. The molecule has 0 amide bonds. The lowest BCUT2D eigenvalue weighted by Crippen LogP contribution is -2.65. The van der Waals surface area contributed by atoms with Crippen LogP contribution in [0, 0.1) is 5.41 Å². The lowest BCUT2D eigenvalue weighted by Gasteiger charge is -2.50. The molecule has 1 aliphatic rings. The number of hydrogen-bond donors (Lipinski definition) is 1. The molecule has 2 unspecified atom stereocenters. The molecule has 2 heteroatoms. The van der Waals surface area contributed by atoms with Crippen LogP contribution in [0.25, 0.3) is 0 Å². The van der Waals surface area contributed by atoms with Crippen molar-refractivity contribution in [2.24, 2.45) is 5.41 Å². The summed E-state index contributed by atoms with van der Waals surface area (Å²) in [5, 5.41) is 3.74. The molecule has 1 saturated heterocycles. The Kier molecular flexibility index (Phi) is 4.79. The molecule has 0 saturated carbocycles. The van der Waals surface area contributed by atoms with E-state index in [1.54, 1.807) is 0 Å². The smallest absolute Gasteiger partial charge is 0.0307 e. The predicted molar refractivity (Wildman–Crippen MR) is 76.3 cm³/mol. The van der Waals surface area contributed by atoms with Crippen LogP contribution < -0.4 is 5.32 Å². The van der Waals surface area contributed by atoms with Crippen LogP contribution in [0.15, 0.2) is 12.2 Å². The Morgan fingerprint density at radius 2 is 2.06 bits per heavy atom. The van der Waals surface area contributed by atoms with Crippen LogP contribution in [-0.2, 0) is 0 Å². The summed E-state index contributed by atoms with van der Waals surface area (Å²) in [6.07, 6.45) is 5.64. The summed E-state index contributed by atoms with van der Waals surface area (Å²) < 4.78 is 0. The van der Waals surface area contributed by atoms with Crippen molar-refractivity contribution in [2.45, 2.75) is 59.5 Å². The summed E-state index contributed by atoms with van der Waals surface area (Å²) in [4.78, 5) is 2.64. The second-order valence-corrected chi connectivity index (χ2v) is 6.62. The first-order valence-electron chi connectivity index (χ1n) is 6.93. The van der Waals surface area contributed by atoms with Gasteiger partial charge >= 0.3 is 0 Å². The van der Waals surface area contributed by atoms with Crippen molar-refractivity contribution in [2.75, 3.05) is 19.6 Å². The molecular weight excluding hydrogens is 208 g/mol. The van der Waals surface area contributed by atoms with Crippen molar-refractivity contribution < 1.29 is 0 Å². The van der Waals surface area contributed by atoms with Crippen molar-refractivity contribution in [1.82, 2.24) is 10.2 Å². The van der Waals surface area contributed by atoms with E-state index in [1.165, 1.54) is 6.42 Å². The van der Waals surface area contributed by atoms with Crippen molar-refractivity contribution in [3.05, 3.63) is 12.2 Å². The van der Waals surface area contributed by atoms with E-state index in [2.05, 4.69) is 63.9 Å². The van der Waals surface area contributed by atoms with Gasteiger partial charge in [-0.05, 0) is 25.7 Å². The molecule has 0 aromatic heterocycles. The Morgan fingerprint density at radius 3 is 2.53 bits per heavy atom. The third-order valence-electron chi connectivity index (χ3n) is 4.26. The Morgan fingerprint density at radius 1 is 1.41 bits per heavy atom. The fourth-order valence-corrected chi connectivity index (χ4v) is 2.42. The van der Waals surface area contributed by atoms with Crippen molar-refractivity contribution >= 4 is 0 Å². The highest BCUT2D eigenvalue weighted by Gasteiger charge is 2.39. The Hall–Kier alpha value is -0.340. The maximum Gasteiger partial charge on any atom is 0.0307 e. The molecule has 1 aliphatic heterocycles. The van der Waals surface area contributed by atoms with Crippen LogP contribution in [0.2, 0.25) is 0 Å². The normalized spacial score (nSPS) is 32.2. The number of piperazine rings is 1. The highest BCUT2D eigenvalue weighted by molar-refractivity contribution is 5.00. The molecule has 100 valence electrons. The average Bonchev–Trinajstić information content (AvgIpc) is 2.26. The summed E-state index contributed by atoms with van der Waals surface area (Å²) in [5.41, 5.74) is 0.643. The van der Waals surface area contributed by atoms with Gasteiger partial charge in [-0.1, -0.05) is 39.8 Å². The minimum Gasteiger partial charge on any atom is -0.310 e. The highest BCUT2D eigenvalue weighted by Crippen LogP contribution is 2.29. The zero-order valence-electron chi connectivity index (χ0n) is 12.5. The summed E-state index contributed by atoms with van der Waals surface area (Å²) in [6, 6.07) is 0.590. The Balaban J connectivity index is 2.77. The molecule has 2 atom stereocenters. The number of allylic oxidation sites excluding steroid dienone is 1. The minimum absolute atomic E-state index is 0.307. The van der Waals surface area contributed by atoms with Crippen LogP contribution in [0.4, 0.5) is 0 Å². The van der Waals surface area contributed by atoms with Crippen LogP contribution in [0.5, 0.6) is 0 Å². The molecule has 2 nitrogen and oxygen atoms in total. The van der Waals surface area contributed by atoms with Crippen LogP contribution >= 0.6 is 0 Å². The van der Waals surface area contributed by atoms with E-state index in [0.29, 0.717) is 17.0 Å². The molecular formula is C15H30N2. The largest absolute Gasteiger partial charge is 0.310 e. The molecule has 0 aliphatic carbocycles. The molecule has 0 aromatic rings. The maximum absolute atomic E-state index is 3.74. The van der Waals surface area contributed by atoms with Gasteiger partial charge < -0.3 is 5.32 Å². The summed E-state index contributed by atoms with van der Waals surface area (Å²) in [6.45, 7) is 17.1. The van der Waals surface area contributed by atoms with Gasteiger partial charge in [0.05, 0.1) is 0 Å². The zero-order valence-corrected chi connectivity index (χ0v) is 12.5. The van der Waals surface area contributed by atoms with Crippen LogP contribution in [0.3, 0.4) is 0 Å². The molecule has 1 N–H and O–H groups in total. The molecule has 0 bridgehead atoms. The predicted octanol–water partition coefficient (Wildman–Crippen LogP) is 3.05. The first kappa shape index (κ1) is 14.7. The van der Waals surface area contributed by atoms with E-state index in [-0.39, 0.29) is 0 Å².